The number of imidazole rings is 1. The van der Waals surface area contributed by atoms with Crippen LogP contribution in [0.2, 0.25) is 0 Å². The first-order valence-electron chi connectivity index (χ1n) is 8.79. The van der Waals surface area contributed by atoms with Crippen LogP contribution in [0.3, 0.4) is 0 Å². The summed E-state index contributed by atoms with van der Waals surface area (Å²) in [6.07, 6.45) is 2.30. The Labute approximate surface area is 152 Å². The van der Waals surface area contributed by atoms with Gasteiger partial charge in [-0.3, -0.25) is 9.59 Å². The Hall–Kier alpha value is -2.95. The molecule has 0 unspecified atom stereocenters. The number of benzene rings is 2. The first-order chi connectivity index (χ1) is 12.6. The van der Waals surface area contributed by atoms with E-state index in [0.29, 0.717) is 23.3 Å². The largest absolute Gasteiger partial charge is 0.497 e. The van der Waals surface area contributed by atoms with E-state index in [2.05, 4.69) is 11.9 Å². The molecule has 134 valence electrons. The third-order valence-electron chi connectivity index (χ3n) is 4.34. The summed E-state index contributed by atoms with van der Waals surface area (Å²) in [5, 5.41) is 0. The number of hydrogen-bond donors (Lipinski definition) is 0. The summed E-state index contributed by atoms with van der Waals surface area (Å²) in [7, 11) is 1.59. The van der Waals surface area contributed by atoms with Gasteiger partial charge in [0.2, 0.25) is 5.78 Å². The van der Waals surface area contributed by atoms with Crippen molar-refractivity contribution in [2.24, 2.45) is 0 Å². The van der Waals surface area contributed by atoms with Gasteiger partial charge in [-0.2, -0.15) is 0 Å². The predicted octanol–water partition coefficient (Wildman–Crippen LogP) is 4.04. The Balaban J connectivity index is 2.07. The van der Waals surface area contributed by atoms with Crippen LogP contribution in [0.1, 0.15) is 42.4 Å². The smallest absolute Gasteiger partial charge is 0.228 e. The Morgan fingerprint density at radius 1 is 1.12 bits per heavy atom. The molecule has 0 spiro atoms. The van der Waals surface area contributed by atoms with E-state index in [1.165, 1.54) is 0 Å². The molecule has 26 heavy (non-hydrogen) atoms. The summed E-state index contributed by atoms with van der Waals surface area (Å²) in [5.41, 5.74) is 1.96. The van der Waals surface area contributed by atoms with E-state index >= 15 is 0 Å². The highest BCUT2D eigenvalue weighted by molar-refractivity contribution is 6.08. The summed E-state index contributed by atoms with van der Waals surface area (Å²) >= 11 is 0. The SMILES string of the molecule is CCCCC(=O)Cn1c(C(=O)c2ccccc2)nc2ccc(OC)cc21. The summed E-state index contributed by atoms with van der Waals surface area (Å²) in [6, 6.07) is 14.4. The number of nitrogens with zero attached hydrogens (tertiary/aromatic N) is 2. The summed E-state index contributed by atoms with van der Waals surface area (Å²) in [4.78, 5) is 29.9. The van der Waals surface area contributed by atoms with Crippen molar-refractivity contribution in [2.75, 3.05) is 7.11 Å². The molecular formula is C21H22N2O3. The molecule has 3 aromatic rings. The molecule has 0 aliphatic heterocycles. The predicted molar refractivity (Wildman–Crippen MR) is 101 cm³/mol. The van der Waals surface area contributed by atoms with Gasteiger partial charge in [0.25, 0.3) is 0 Å². The van der Waals surface area contributed by atoms with Crippen LogP contribution >= 0.6 is 0 Å². The molecule has 0 bridgehead atoms. The van der Waals surface area contributed by atoms with Crippen molar-refractivity contribution in [3.63, 3.8) is 0 Å². The van der Waals surface area contributed by atoms with Crippen LogP contribution in [0.15, 0.2) is 48.5 Å². The maximum Gasteiger partial charge on any atom is 0.228 e. The number of fused-ring (bicyclic) bond motifs is 1. The molecular weight excluding hydrogens is 328 g/mol. The molecule has 1 aromatic heterocycles. The van der Waals surface area contributed by atoms with Crippen LogP contribution in [0.5, 0.6) is 5.75 Å². The van der Waals surface area contributed by atoms with Crippen molar-refractivity contribution in [3.05, 3.63) is 59.9 Å². The fourth-order valence-electron chi connectivity index (χ4n) is 2.91. The van der Waals surface area contributed by atoms with E-state index in [1.807, 2.05) is 30.3 Å². The standard InChI is InChI=1S/C21H22N2O3/c1-3-4-10-16(24)14-23-19-13-17(26-2)11-12-18(19)22-21(23)20(25)15-8-6-5-7-9-15/h5-9,11-13H,3-4,10,14H2,1-2H3. The molecule has 0 radical (unpaired) electrons. The lowest BCUT2D eigenvalue weighted by molar-refractivity contribution is -0.119. The number of ether oxygens (including phenoxy) is 1. The molecule has 0 amide bonds. The minimum atomic E-state index is -0.191. The fraction of sp³-hybridized carbons (Fsp3) is 0.286. The second-order valence-electron chi connectivity index (χ2n) is 6.21. The van der Waals surface area contributed by atoms with E-state index in [0.717, 1.165) is 18.4 Å². The van der Waals surface area contributed by atoms with Crippen molar-refractivity contribution >= 4 is 22.6 Å². The molecule has 0 saturated heterocycles. The quantitative estimate of drug-likeness (QED) is 0.575. The zero-order valence-corrected chi connectivity index (χ0v) is 15.1. The number of aromatic nitrogens is 2. The summed E-state index contributed by atoms with van der Waals surface area (Å²) in [6.45, 7) is 2.19. The van der Waals surface area contributed by atoms with Gasteiger partial charge in [-0.25, -0.2) is 4.98 Å². The van der Waals surface area contributed by atoms with Crippen molar-refractivity contribution < 1.29 is 14.3 Å². The van der Waals surface area contributed by atoms with Crippen molar-refractivity contribution in [2.45, 2.75) is 32.7 Å². The number of methoxy groups -OCH3 is 1. The fourth-order valence-corrected chi connectivity index (χ4v) is 2.91. The number of rotatable bonds is 8. The minimum absolute atomic E-state index is 0.0936. The van der Waals surface area contributed by atoms with Gasteiger partial charge in [0.05, 0.1) is 24.7 Å². The molecule has 0 aliphatic carbocycles. The van der Waals surface area contributed by atoms with E-state index < -0.39 is 0 Å². The van der Waals surface area contributed by atoms with E-state index in [4.69, 9.17) is 4.74 Å². The third kappa shape index (κ3) is 3.67. The lowest BCUT2D eigenvalue weighted by atomic mass is 10.1. The van der Waals surface area contributed by atoms with Gasteiger partial charge in [0, 0.05) is 18.1 Å². The van der Waals surface area contributed by atoms with Gasteiger partial charge in [-0.1, -0.05) is 43.7 Å². The summed E-state index contributed by atoms with van der Waals surface area (Å²) in [5.74, 6) is 0.850. The Bertz CT molecular complexity index is 929. The first-order valence-corrected chi connectivity index (χ1v) is 8.79. The first kappa shape index (κ1) is 17.9. The van der Waals surface area contributed by atoms with Crippen LogP contribution in [0.25, 0.3) is 11.0 Å². The van der Waals surface area contributed by atoms with Gasteiger partial charge in [-0.15, -0.1) is 0 Å². The Kier molecular flexibility index (Phi) is 5.46. The van der Waals surface area contributed by atoms with E-state index in [-0.39, 0.29) is 23.9 Å². The van der Waals surface area contributed by atoms with Crippen LogP contribution in [-0.2, 0) is 11.3 Å². The normalized spacial score (nSPS) is 10.8. The summed E-state index contributed by atoms with van der Waals surface area (Å²) < 4.78 is 7.00. The highest BCUT2D eigenvalue weighted by Crippen LogP contribution is 2.24. The number of carbonyl (C=O) groups is 2. The van der Waals surface area contributed by atoms with Gasteiger partial charge in [0.1, 0.15) is 5.75 Å². The van der Waals surface area contributed by atoms with Crippen molar-refractivity contribution in [1.82, 2.24) is 9.55 Å². The Morgan fingerprint density at radius 2 is 1.88 bits per heavy atom. The lowest BCUT2D eigenvalue weighted by Gasteiger charge is -2.09. The Morgan fingerprint density at radius 3 is 2.58 bits per heavy atom. The van der Waals surface area contributed by atoms with Crippen LogP contribution in [0.4, 0.5) is 0 Å². The number of hydrogen-bond acceptors (Lipinski definition) is 4. The monoisotopic (exact) mass is 350 g/mol. The van der Waals surface area contributed by atoms with Crippen LogP contribution < -0.4 is 4.74 Å². The average Bonchev–Trinajstić information content (AvgIpc) is 3.03. The lowest BCUT2D eigenvalue weighted by Crippen LogP contribution is -2.16. The second-order valence-corrected chi connectivity index (χ2v) is 6.21. The maximum atomic E-state index is 13.0. The number of unbranched alkanes of at least 4 members (excludes halogenated alkanes) is 1. The number of carbonyl (C=O) groups excluding carboxylic acids is 2. The third-order valence-corrected chi connectivity index (χ3v) is 4.34. The number of ketones is 2. The van der Waals surface area contributed by atoms with Gasteiger partial charge < -0.3 is 9.30 Å². The molecule has 2 aromatic carbocycles. The van der Waals surface area contributed by atoms with Crippen molar-refractivity contribution in [1.29, 1.82) is 0 Å². The minimum Gasteiger partial charge on any atom is -0.497 e. The highest BCUT2D eigenvalue weighted by atomic mass is 16.5. The number of Topliss-reactive ketones (excluding diaryl/α,β-unsaturated/α-hetero) is 1. The van der Waals surface area contributed by atoms with Crippen LogP contribution in [0, 0.1) is 0 Å². The molecule has 0 saturated carbocycles. The van der Waals surface area contributed by atoms with Gasteiger partial charge >= 0.3 is 0 Å². The zero-order chi connectivity index (χ0) is 18.5. The molecule has 1 heterocycles. The van der Waals surface area contributed by atoms with E-state index in [1.54, 1.807) is 29.9 Å². The molecule has 3 rings (SSSR count). The molecule has 0 fully saturated rings. The second kappa shape index (κ2) is 7.95. The van der Waals surface area contributed by atoms with E-state index in [9.17, 15) is 9.59 Å². The zero-order valence-electron chi connectivity index (χ0n) is 15.1. The molecule has 0 N–H and O–H groups in total. The van der Waals surface area contributed by atoms with Gasteiger partial charge in [-0.05, 0) is 18.6 Å². The van der Waals surface area contributed by atoms with Crippen LogP contribution in [-0.4, -0.2) is 28.2 Å². The molecule has 0 atom stereocenters. The highest BCUT2D eigenvalue weighted by Gasteiger charge is 2.21. The molecule has 5 nitrogen and oxygen atoms in total. The molecule has 0 aliphatic rings. The van der Waals surface area contributed by atoms with Gasteiger partial charge in [0.15, 0.2) is 11.6 Å². The van der Waals surface area contributed by atoms with Crippen molar-refractivity contribution in [3.8, 4) is 5.75 Å². The topological polar surface area (TPSA) is 61.2 Å². The molecule has 5 heteroatoms. The average molecular weight is 350 g/mol. The maximum absolute atomic E-state index is 13.0.